The highest BCUT2D eigenvalue weighted by atomic mass is 16.5. The summed E-state index contributed by atoms with van der Waals surface area (Å²) in [7, 11) is 1.69. The van der Waals surface area contributed by atoms with Crippen molar-refractivity contribution in [2.45, 2.75) is 32.2 Å². The van der Waals surface area contributed by atoms with E-state index in [1.165, 1.54) is 5.56 Å². The highest BCUT2D eigenvalue weighted by Crippen LogP contribution is 2.59. The molecule has 5 rings (SSSR count). The van der Waals surface area contributed by atoms with E-state index in [9.17, 15) is 4.79 Å². The third-order valence-corrected chi connectivity index (χ3v) is 7.22. The average Bonchev–Trinajstić information content (AvgIpc) is 3.54. The molecule has 1 atom stereocenters. The molecule has 0 bridgehead atoms. The van der Waals surface area contributed by atoms with Gasteiger partial charge in [-0.3, -0.25) is 19.7 Å². The summed E-state index contributed by atoms with van der Waals surface area (Å²) in [6.45, 7) is 3.60. The normalized spacial score (nSPS) is 19.7. The number of aromatic nitrogens is 2. The molecule has 1 N–H and O–H groups in total. The van der Waals surface area contributed by atoms with E-state index in [1.807, 2.05) is 24.3 Å². The summed E-state index contributed by atoms with van der Waals surface area (Å²) in [6.07, 6.45) is 7.50. The van der Waals surface area contributed by atoms with Crippen molar-refractivity contribution in [2.24, 2.45) is 11.3 Å². The molecule has 2 fully saturated rings. The van der Waals surface area contributed by atoms with Crippen LogP contribution in [0, 0.1) is 11.3 Å². The largest absolute Gasteiger partial charge is 0.496 e. The second-order valence-corrected chi connectivity index (χ2v) is 9.09. The van der Waals surface area contributed by atoms with Crippen LogP contribution in [0.15, 0.2) is 54.9 Å². The molecule has 1 aliphatic heterocycles. The molecule has 166 valence electrons. The van der Waals surface area contributed by atoms with E-state index in [1.54, 1.807) is 19.5 Å². The van der Waals surface area contributed by atoms with Crippen LogP contribution in [-0.4, -0.2) is 47.5 Å². The van der Waals surface area contributed by atoms with Gasteiger partial charge in [0.25, 0.3) is 0 Å². The van der Waals surface area contributed by atoms with E-state index in [2.05, 4.69) is 38.4 Å². The fourth-order valence-corrected chi connectivity index (χ4v) is 5.20. The van der Waals surface area contributed by atoms with Gasteiger partial charge in [0.1, 0.15) is 5.75 Å². The maximum Gasteiger partial charge on any atom is 0.223 e. The lowest BCUT2D eigenvalue weighted by Gasteiger charge is -2.33. The molecule has 1 amide bonds. The molecule has 6 heteroatoms. The van der Waals surface area contributed by atoms with E-state index in [-0.39, 0.29) is 17.2 Å². The molecule has 2 aromatic carbocycles. The Balaban J connectivity index is 1.11. The third kappa shape index (κ3) is 4.19. The van der Waals surface area contributed by atoms with Crippen molar-refractivity contribution >= 4 is 16.9 Å². The first kappa shape index (κ1) is 20.9. The molecular formula is C26H30N4O2. The lowest BCUT2D eigenvalue weighted by molar-refractivity contribution is -0.123. The van der Waals surface area contributed by atoms with E-state index in [4.69, 9.17) is 4.74 Å². The van der Waals surface area contributed by atoms with E-state index in [0.717, 1.165) is 67.7 Å². The van der Waals surface area contributed by atoms with Crippen LogP contribution in [0.4, 0.5) is 0 Å². The zero-order valence-electron chi connectivity index (χ0n) is 18.6. The van der Waals surface area contributed by atoms with Crippen molar-refractivity contribution < 1.29 is 9.53 Å². The van der Waals surface area contributed by atoms with Gasteiger partial charge in [-0.15, -0.1) is 0 Å². The molecule has 1 aromatic heterocycles. The van der Waals surface area contributed by atoms with Gasteiger partial charge in [0.15, 0.2) is 0 Å². The number of hydrogen-bond donors (Lipinski definition) is 1. The second-order valence-electron chi connectivity index (χ2n) is 9.09. The first-order chi connectivity index (χ1) is 15.7. The fraction of sp³-hybridized carbons (Fsp3) is 0.423. The van der Waals surface area contributed by atoms with Crippen molar-refractivity contribution in [1.82, 2.24) is 20.2 Å². The molecule has 0 unspecified atom stereocenters. The number of amides is 1. The molecule has 0 radical (unpaired) electrons. The Hall–Kier alpha value is -2.99. The molecular weight excluding hydrogens is 400 g/mol. The van der Waals surface area contributed by atoms with Crippen LogP contribution in [0.2, 0.25) is 0 Å². The monoisotopic (exact) mass is 430 g/mol. The van der Waals surface area contributed by atoms with Gasteiger partial charge in [0.05, 0.1) is 18.1 Å². The Morgan fingerprint density at radius 3 is 2.72 bits per heavy atom. The molecule has 1 spiro atoms. The molecule has 1 saturated carbocycles. The summed E-state index contributed by atoms with van der Waals surface area (Å²) in [4.78, 5) is 24.2. The quantitative estimate of drug-likeness (QED) is 0.620. The van der Waals surface area contributed by atoms with Crippen LogP contribution < -0.4 is 10.1 Å². The minimum Gasteiger partial charge on any atom is -0.496 e. The number of carbonyl (C=O) groups is 1. The van der Waals surface area contributed by atoms with Crippen LogP contribution >= 0.6 is 0 Å². The summed E-state index contributed by atoms with van der Waals surface area (Å²) in [5, 5.41) is 3.16. The number of methoxy groups -OCH3 is 1. The topological polar surface area (TPSA) is 67.3 Å². The molecule has 1 saturated heterocycles. The number of para-hydroxylation sites is 2. The van der Waals surface area contributed by atoms with Gasteiger partial charge in [-0.2, -0.15) is 0 Å². The van der Waals surface area contributed by atoms with Gasteiger partial charge in [-0.25, -0.2) is 0 Å². The summed E-state index contributed by atoms with van der Waals surface area (Å²) >= 11 is 0. The maximum absolute atomic E-state index is 12.8. The van der Waals surface area contributed by atoms with Gasteiger partial charge in [-0.05, 0) is 67.4 Å². The molecule has 32 heavy (non-hydrogen) atoms. The number of nitrogens with one attached hydrogen (secondary N) is 1. The zero-order chi connectivity index (χ0) is 22.0. The number of ether oxygens (including phenoxy) is 1. The van der Waals surface area contributed by atoms with Crippen LogP contribution in [0.1, 0.15) is 30.4 Å². The van der Waals surface area contributed by atoms with Crippen LogP contribution in [0.5, 0.6) is 5.75 Å². The number of benzene rings is 2. The van der Waals surface area contributed by atoms with Crippen LogP contribution in [0.25, 0.3) is 11.0 Å². The van der Waals surface area contributed by atoms with Crippen LogP contribution in [0.3, 0.4) is 0 Å². The molecule has 6 nitrogen and oxygen atoms in total. The number of likely N-dealkylation sites (tertiary alicyclic amines) is 1. The Kier molecular flexibility index (Phi) is 5.79. The van der Waals surface area contributed by atoms with E-state index in [0.29, 0.717) is 6.54 Å². The van der Waals surface area contributed by atoms with E-state index >= 15 is 0 Å². The number of hydrogen-bond acceptors (Lipinski definition) is 5. The van der Waals surface area contributed by atoms with Gasteiger partial charge in [0.2, 0.25) is 5.91 Å². The SMILES string of the molecule is COc1ccccc1CCNC(=O)[C@@H]1CC12CCN(Cc1cccc3nccnc13)CC2. The lowest BCUT2D eigenvalue weighted by atomic mass is 9.90. The Labute approximate surface area is 189 Å². The first-order valence-electron chi connectivity index (χ1n) is 11.5. The Morgan fingerprint density at radius 2 is 1.88 bits per heavy atom. The summed E-state index contributed by atoms with van der Waals surface area (Å²) in [5.74, 6) is 1.28. The van der Waals surface area contributed by atoms with Crippen LogP contribution in [-0.2, 0) is 17.8 Å². The van der Waals surface area contributed by atoms with Crippen molar-refractivity contribution in [3.8, 4) is 5.75 Å². The van der Waals surface area contributed by atoms with Gasteiger partial charge in [-0.1, -0.05) is 30.3 Å². The molecule has 1 aliphatic carbocycles. The van der Waals surface area contributed by atoms with Gasteiger partial charge < -0.3 is 10.1 Å². The molecule has 2 aliphatic rings. The second kappa shape index (κ2) is 8.87. The number of rotatable bonds is 7. The number of nitrogens with zero attached hydrogens (tertiary/aromatic N) is 3. The maximum atomic E-state index is 12.8. The van der Waals surface area contributed by atoms with Crippen molar-refractivity contribution in [2.75, 3.05) is 26.7 Å². The number of carbonyl (C=O) groups excluding carboxylic acids is 1. The minimum absolute atomic E-state index is 0.172. The smallest absolute Gasteiger partial charge is 0.223 e. The average molecular weight is 431 g/mol. The van der Waals surface area contributed by atoms with Gasteiger partial charge >= 0.3 is 0 Å². The summed E-state index contributed by atoms with van der Waals surface area (Å²) in [6, 6.07) is 14.2. The summed E-state index contributed by atoms with van der Waals surface area (Å²) < 4.78 is 5.40. The zero-order valence-corrected chi connectivity index (χ0v) is 18.6. The predicted octanol–water partition coefficient (Wildman–Crippen LogP) is 3.60. The van der Waals surface area contributed by atoms with Crippen molar-refractivity contribution in [3.63, 3.8) is 0 Å². The Morgan fingerprint density at radius 1 is 1.09 bits per heavy atom. The first-order valence-corrected chi connectivity index (χ1v) is 11.5. The molecule has 3 aromatic rings. The lowest BCUT2D eigenvalue weighted by Crippen LogP contribution is -2.37. The van der Waals surface area contributed by atoms with Crippen molar-refractivity contribution in [3.05, 3.63) is 66.0 Å². The number of fused-ring (bicyclic) bond motifs is 1. The Bertz CT molecular complexity index is 1100. The molecule has 2 heterocycles. The highest BCUT2D eigenvalue weighted by Gasteiger charge is 2.58. The summed E-state index contributed by atoms with van der Waals surface area (Å²) in [5.41, 5.74) is 4.52. The van der Waals surface area contributed by atoms with Crippen molar-refractivity contribution in [1.29, 1.82) is 0 Å². The fourth-order valence-electron chi connectivity index (χ4n) is 5.20. The van der Waals surface area contributed by atoms with Gasteiger partial charge in [0, 0.05) is 31.4 Å². The number of piperidine rings is 1. The minimum atomic E-state index is 0.172. The third-order valence-electron chi connectivity index (χ3n) is 7.22. The highest BCUT2D eigenvalue weighted by molar-refractivity contribution is 5.82. The van der Waals surface area contributed by atoms with E-state index < -0.39 is 0 Å². The predicted molar refractivity (Wildman–Crippen MR) is 124 cm³/mol. The standard InChI is InChI=1S/C26H30N4O2/c1-32-23-8-3-2-5-19(23)9-12-29-25(31)21-17-26(21)10-15-30(16-11-26)18-20-6-4-7-22-24(20)28-14-13-27-22/h2-8,13-14,21H,9-12,15-18H2,1H3,(H,29,31)/t21-/m0/s1.